The summed E-state index contributed by atoms with van der Waals surface area (Å²) in [5.74, 6) is -0.799. The monoisotopic (exact) mass is 346 g/mol. The fraction of sp³-hybridized carbons (Fsp3) is 0.588. The molecule has 0 spiro atoms. The number of benzene rings is 1. The van der Waals surface area contributed by atoms with E-state index in [9.17, 15) is 23.1 Å². The van der Waals surface area contributed by atoms with Crippen LogP contribution in [0.1, 0.15) is 51.3 Å². The van der Waals surface area contributed by atoms with E-state index in [4.69, 9.17) is 5.73 Å². The molecule has 0 aliphatic carbocycles. The van der Waals surface area contributed by atoms with Gasteiger partial charge < -0.3 is 10.8 Å². The summed E-state index contributed by atoms with van der Waals surface area (Å²) in [7, 11) is 0. The number of nitrogens with two attached hydrogens (primary N) is 1. The third-order valence-electron chi connectivity index (χ3n) is 3.70. The van der Waals surface area contributed by atoms with Gasteiger partial charge in [-0.1, -0.05) is 38.1 Å². The molecule has 1 amide bonds. The Balaban J connectivity index is 3.12. The second kappa shape index (κ2) is 7.53. The minimum Gasteiger partial charge on any atom is -0.386 e. The first kappa shape index (κ1) is 20.4. The highest BCUT2D eigenvalue weighted by Crippen LogP contribution is 2.34. The summed E-state index contributed by atoms with van der Waals surface area (Å²) < 4.78 is 40.3. The molecule has 2 atom stereocenters. The van der Waals surface area contributed by atoms with Gasteiger partial charge in [-0.3, -0.25) is 10.1 Å². The number of alkyl halides is 3. The number of carbonyl (C=O) groups excluding carboxylic acids is 1. The summed E-state index contributed by atoms with van der Waals surface area (Å²) in [6.45, 7) is 6.71. The molecule has 0 saturated carbocycles. The molecule has 0 fully saturated rings. The predicted molar refractivity (Wildman–Crippen MR) is 86.1 cm³/mol. The molecule has 0 bridgehead atoms. The Labute approximate surface area is 140 Å². The zero-order chi connectivity index (χ0) is 18.7. The van der Waals surface area contributed by atoms with Crippen LogP contribution in [-0.2, 0) is 10.4 Å². The lowest BCUT2D eigenvalue weighted by molar-refractivity contribution is -0.160. The summed E-state index contributed by atoms with van der Waals surface area (Å²) in [5, 5.41) is 12.2. The van der Waals surface area contributed by atoms with Crippen molar-refractivity contribution in [1.82, 2.24) is 5.32 Å². The number of halogens is 3. The molecule has 4 nitrogen and oxygen atoms in total. The number of amides is 1. The van der Waals surface area contributed by atoms with E-state index in [1.54, 1.807) is 27.7 Å². The van der Waals surface area contributed by atoms with Gasteiger partial charge in [0.05, 0.1) is 11.6 Å². The van der Waals surface area contributed by atoms with Crippen molar-refractivity contribution >= 4 is 5.91 Å². The first-order chi connectivity index (χ1) is 10.8. The van der Waals surface area contributed by atoms with Gasteiger partial charge in [0.2, 0.25) is 5.91 Å². The molecule has 24 heavy (non-hydrogen) atoms. The van der Waals surface area contributed by atoms with Crippen LogP contribution in [0.25, 0.3) is 0 Å². The van der Waals surface area contributed by atoms with Crippen molar-refractivity contribution < 1.29 is 23.1 Å². The highest BCUT2D eigenvalue weighted by Gasteiger charge is 2.42. The molecule has 1 aromatic carbocycles. The lowest BCUT2D eigenvalue weighted by Crippen LogP contribution is -2.47. The van der Waals surface area contributed by atoms with Gasteiger partial charge in [0, 0.05) is 0 Å². The molecule has 1 rings (SSSR count). The molecule has 0 saturated heterocycles. The lowest BCUT2D eigenvalue weighted by atomic mass is 9.94. The zero-order valence-corrected chi connectivity index (χ0v) is 14.3. The second-order valence-corrected chi connectivity index (χ2v) is 6.91. The molecule has 1 aromatic rings. The molecule has 0 heterocycles. The maximum absolute atomic E-state index is 13.4. The Hall–Kier alpha value is -1.60. The van der Waals surface area contributed by atoms with Crippen molar-refractivity contribution in [3.05, 3.63) is 35.4 Å². The van der Waals surface area contributed by atoms with Gasteiger partial charge in [-0.05, 0) is 37.3 Å². The Bertz CT molecular complexity index is 548. The number of hydrogen-bond acceptors (Lipinski definition) is 3. The third-order valence-corrected chi connectivity index (χ3v) is 3.70. The van der Waals surface area contributed by atoms with Crippen molar-refractivity contribution in [3.63, 3.8) is 0 Å². The number of rotatable bonds is 7. The van der Waals surface area contributed by atoms with Crippen LogP contribution < -0.4 is 11.1 Å². The Kier molecular flexibility index (Phi) is 6.41. The fourth-order valence-corrected chi connectivity index (χ4v) is 2.40. The molecule has 136 valence electrons. The second-order valence-electron chi connectivity index (χ2n) is 6.91. The Morgan fingerprint density at radius 2 is 1.71 bits per heavy atom. The molecule has 0 unspecified atom stereocenters. The normalized spacial score (nSPS) is 15.4. The number of hydrogen-bond donors (Lipinski definition) is 3. The minimum absolute atomic E-state index is 0.0152. The van der Waals surface area contributed by atoms with Crippen molar-refractivity contribution in [3.8, 4) is 0 Å². The van der Waals surface area contributed by atoms with Crippen LogP contribution in [-0.4, -0.2) is 23.2 Å². The maximum Gasteiger partial charge on any atom is 0.407 e. The molecular formula is C17H25F3N2O2. The minimum atomic E-state index is -4.58. The van der Waals surface area contributed by atoms with Crippen LogP contribution in [0.5, 0.6) is 0 Å². The van der Waals surface area contributed by atoms with Gasteiger partial charge >= 0.3 is 6.18 Å². The van der Waals surface area contributed by atoms with Crippen LogP contribution in [0.3, 0.4) is 0 Å². The highest BCUT2D eigenvalue weighted by molar-refractivity contribution is 5.79. The number of aliphatic hydroxyl groups is 1. The predicted octanol–water partition coefficient (Wildman–Crippen LogP) is 3.01. The highest BCUT2D eigenvalue weighted by atomic mass is 19.4. The Morgan fingerprint density at radius 3 is 2.04 bits per heavy atom. The van der Waals surface area contributed by atoms with Crippen LogP contribution >= 0.6 is 0 Å². The van der Waals surface area contributed by atoms with E-state index < -0.39 is 29.8 Å². The first-order valence-electron chi connectivity index (χ1n) is 7.77. The van der Waals surface area contributed by atoms with Crippen molar-refractivity contribution in [1.29, 1.82) is 0 Å². The first-order valence-corrected chi connectivity index (χ1v) is 7.77. The molecule has 7 heteroatoms. The SMILES string of the molecule is CC(C)C[C@H](N[C@@H](c1ccc(C(C)(C)O)cc1)C(F)(F)F)C(N)=O. The topological polar surface area (TPSA) is 75.3 Å². The van der Waals surface area contributed by atoms with Gasteiger partial charge in [-0.25, -0.2) is 0 Å². The largest absolute Gasteiger partial charge is 0.407 e. The molecular weight excluding hydrogens is 321 g/mol. The maximum atomic E-state index is 13.4. The van der Waals surface area contributed by atoms with Gasteiger partial charge in [0.25, 0.3) is 0 Å². The van der Waals surface area contributed by atoms with E-state index in [0.717, 1.165) is 0 Å². The van der Waals surface area contributed by atoms with Gasteiger partial charge in [-0.15, -0.1) is 0 Å². The molecule has 0 aliphatic rings. The van der Waals surface area contributed by atoms with Crippen LogP contribution in [0.4, 0.5) is 13.2 Å². The number of primary amides is 1. The molecule has 0 radical (unpaired) electrons. The van der Waals surface area contributed by atoms with Gasteiger partial charge in [0.1, 0.15) is 6.04 Å². The van der Waals surface area contributed by atoms with Crippen molar-refractivity contribution in [2.75, 3.05) is 0 Å². The van der Waals surface area contributed by atoms with E-state index in [1.165, 1.54) is 24.3 Å². The van der Waals surface area contributed by atoms with Gasteiger partial charge in [-0.2, -0.15) is 13.2 Å². The lowest BCUT2D eigenvalue weighted by Gasteiger charge is -2.28. The van der Waals surface area contributed by atoms with E-state index in [2.05, 4.69) is 5.32 Å². The zero-order valence-electron chi connectivity index (χ0n) is 14.3. The van der Waals surface area contributed by atoms with Crippen LogP contribution in [0, 0.1) is 5.92 Å². The van der Waals surface area contributed by atoms with Crippen molar-refractivity contribution in [2.24, 2.45) is 11.7 Å². The number of carbonyl (C=O) groups is 1. The quantitative estimate of drug-likeness (QED) is 0.710. The number of nitrogens with one attached hydrogen (secondary N) is 1. The molecule has 0 aliphatic heterocycles. The van der Waals surface area contributed by atoms with Crippen molar-refractivity contribution in [2.45, 2.75) is 58.0 Å². The third kappa shape index (κ3) is 5.79. The summed E-state index contributed by atoms with van der Waals surface area (Å²) in [6, 6.07) is 2.39. The van der Waals surface area contributed by atoms with Crippen LogP contribution in [0.2, 0.25) is 0 Å². The average Bonchev–Trinajstić information content (AvgIpc) is 2.40. The summed E-state index contributed by atoms with van der Waals surface area (Å²) in [6.07, 6.45) is -4.37. The van der Waals surface area contributed by atoms with Gasteiger partial charge in [0.15, 0.2) is 0 Å². The Morgan fingerprint density at radius 1 is 1.21 bits per heavy atom. The average molecular weight is 346 g/mol. The fourth-order valence-electron chi connectivity index (χ4n) is 2.40. The standard InChI is InChI=1S/C17H25F3N2O2/c1-10(2)9-13(15(21)23)22-14(17(18,19)20)11-5-7-12(8-6-11)16(3,4)24/h5-8,10,13-14,22,24H,9H2,1-4H3,(H2,21,23)/t13-,14-/m0/s1. The summed E-state index contributed by atoms with van der Waals surface area (Å²) in [4.78, 5) is 11.5. The van der Waals surface area contributed by atoms with E-state index >= 15 is 0 Å². The van der Waals surface area contributed by atoms with Crippen LogP contribution in [0.15, 0.2) is 24.3 Å². The van der Waals surface area contributed by atoms with E-state index in [1.807, 2.05) is 0 Å². The molecule has 4 N–H and O–H groups in total. The van der Waals surface area contributed by atoms with E-state index in [0.29, 0.717) is 5.56 Å². The summed E-state index contributed by atoms with van der Waals surface area (Å²) >= 11 is 0. The van der Waals surface area contributed by atoms with E-state index in [-0.39, 0.29) is 17.9 Å². The molecule has 0 aromatic heterocycles. The summed E-state index contributed by atoms with van der Waals surface area (Å²) in [5.41, 5.74) is 4.55. The smallest absolute Gasteiger partial charge is 0.386 e.